The molecular formula is C37H44F2N2O3. The van der Waals surface area contributed by atoms with Gasteiger partial charge in [-0.2, -0.15) is 0 Å². The van der Waals surface area contributed by atoms with E-state index in [1.165, 1.54) is 41.8 Å². The van der Waals surface area contributed by atoms with Gasteiger partial charge >= 0.3 is 0 Å². The second kappa shape index (κ2) is 12.8. The first-order valence-electron chi connectivity index (χ1n) is 16.6. The summed E-state index contributed by atoms with van der Waals surface area (Å²) in [7, 11) is 0. The molecule has 5 nitrogen and oxygen atoms in total. The topological polar surface area (TPSA) is 57.0 Å². The molecule has 4 aliphatic rings. The molecule has 7 heteroatoms. The van der Waals surface area contributed by atoms with Crippen LogP contribution >= 0.6 is 0 Å². The van der Waals surface area contributed by atoms with Gasteiger partial charge in [-0.15, -0.1) is 0 Å². The average molecular weight is 603 g/mol. The molecule has 1 saturated carbocycles. The first-order valence-corrected chi connectivity index (χ1v) is 16.6. The van der Waals surface area contributed by atoms with Crippen LogP contribution in [0.2, 0.25) is 0 Å². The Morgan fingerprint density at radius 3 is 2.14 bits per heavy atom. The standard InChI is InChI=1S/C37H44F2N2O3/c38-29-11-6-25(7-12-29)31(26-8-13-30(39)14-9-26)5-4-20-41-21-16-27(17-22-41)35-32(23-40)34-28(24-42-35)10-15-33-36(34)44-37(43-33)18-2-1-3-19-37/h6-15,27,31-32,35H,1-5,16-24,40H2/t32-,35-/m0/s1. The Labute approximate surface area is 259 Å². The Morgan fingerprint density at radius 2 is 1.50 bits per heavy atom. The minimum absolute atomic E-state index is 0.0778. The summed E-state index contributed by atoms with van der Waals surface area (Å²) in [5.41, 5.74) is 11.0. The Balaban J connectivity index is 0.976. The highest BCUT2D eigenvalue weighted by atomic mass is 19.1. The predicted molar refractivity (Wildman–Crippen MR) is 167 cm³/mol. The zero-order valence-electron chi connectivity index (χ0n) is 25.5. The van der Waals surface area contributed by atoms with Crippen LogP contribution in [0.5, 0.6) is 11.5 Å². The van der Waals surface area contributed by atoms with Crippen LogP contribution in [-0.4, -0.2) is 43.0 Å². The number of rotatable bonds is 8. The number of hydrogen-bond donors (Lipinski definition) is 1. The number of halogens is 2. The van der Waals surface area contributed by atoms with Gasteiger partial charge in [-0.25, -0.2) is 8.78 Å². The predicted octanol–water partition coefficient (Wildman–Crippen LogP) is 7.66. The zero-order valence-corrected chi connectivity index (χ0v) is 25.5. The summed E-state index contributed by atoms with van der Waals surface area (Å²) in [5.74, 6) is 1.46. The third-order valence-electron chi connectivity index (χ3n) is 10.5. The van der Waals surface area contributed by atoms with E-state index in [1.54, 1.807) is 0 Å². The first kappa shape index (κ1) is 29.7. The molecule has 3 heterocycles. The number of nitrogens with zero attached hydrogens (tertiary/aromatic N) is 1. The molecule has 1 aliphatic carbocycles. The maximum Gasteiger partial charge on any atom is 0.251 e. The lowest BCUT2D eigenvalue weighted by Crippen LogP contribution is -2.44. The highest BCUT2D eigenvalue weighted by Crippen LogP contribution is 2.52. The summed E-state index contributed by atoms with van der Waals surface area (Å²) in [6.07, 6.45) is 9.56. The van der Waals surface area contributed by atoms with Crippen LogP contribution < -0.4 is 15.2 Å². The summed E-state index contributed by atoms with van der Waals surface area (Å²) in [6.45, 7) is 4.18. The van der Waals surface area contributed by atoms with E-state index >= 15 is 0 Å². The zero-order chi connectivity index (χ0) is 30.1. The van der Waals surface area contributed by atoms with Gasteiger partial charge in [0.1, 0.15) is 11.6 Å². The average Bonchev–Trinajstić information content (AvgIpc) is 3.41. The van der Waals surface area contributed by atoms with Crippen molar-refractivity contribution in [2.75, 3.05) is 26.2 Å². The van der Waals surface area contributed by atoms with E-state index in [0.29, 0.717) is 19.1 Å². The van der Waals surface area contributed by atoms with Gasteiger partial charge in [0.05, 0.1) is 12.7 Å². The number of ether oxygens (including phenoxy) is 3. The van der Waals surface area contributed by atoms with Crippen molar-refractivity contribution in [3.8, 4) is 11.5 Å². The molecule has 3 aromatic rings. The van der Waals surface area contributed by atoms with Gasteiger partial charge in [0, 0.05) is 36.8 Å². The van der Waals surface area contributed by atoms with Crippen LogP contribution in [0.1, 0.15) is 91.9 Å². The van der Waals surface area contributed by atoms with Gasteiger partial charge in [-0.1, -0.05) is 36.8 Å². The van der Waals surface area contributed by atoms with E-state index < -0.39 is 5.79 Å². The van der Waals surface area contributed by atoms with Crippen molar-refractivity contribution >= 4 is 0 Å². The van der Waals surface area contributed by atoms with Gasteiger partial charge in [0.25, 0.3) is 5.79 Å². The molecule has 7 rings (SSSR count). The molecule has 0 radical (unpaired) electrons. The largest absolute Gasteiger partial charge is 0.448 e. The summed E-state index contributed by atoms with van der Waals surface area (Å²) < 4.78 is 47.0. The molecule has 2 fully saturated rings. The van der Waals surface area contributed by atoms with Crippen LogP contribution in [-0.2, 0) is 11.3 Å². The highest BCUT2D eigenvalue weighted by Gasteiger charge is 2.47. The molecule has 234 valence electrons. The van der Waals surface area contributed by atoms with Gasteiger partial charge < -0.3 is 24.8 Å². The molecule has 0 aromatic heterocycles. The maximum absolute atomic E-state index is 13.6. The molecule has 0 unspecified atom stereocenters. The lowest BCUT2D eigenvalue weighted by Gasteiger charge is -2.42. The van der Waals surface area contributed by atoms with Gasteiger partial charge in [0.2, 0.25) is 0 Å². The molecule has 0 amide bonds. The molecule has 2 N–H and O–H groups in total. The van der Waals surface area contributed by atoms with E-state index in [2.05, 4.69) is 17.0 Å². The van der Waals surface area contributed by atoms with Crippen molar-refractivity contribution in [2.24, 2.45) is 11.7 Å². The minimum Gasteiger partial charge on any atom is -0.448 e. The van der Waals surface area contributed by atoms with Crippen molar-refractivity contribution in [1.29, 1.82) is 0 Å². The second-order valence-electron chi connectivity index (χ2n) is 13.2. The van der Waals surface area contributed by atoms with Gasteiger partial charge in [0.15, 0.2) is 11.5 Å². The summed E-state index contributed by atoms with van der Waals surface area (Å²) in [6, 6.07) is 17.7. The summed E-state index contributed by atoms with van der Waals surface area (Å²) in [5, 5.41) is 0. The van der Waals surface area contributed by atoms with E-state index in [0.717, 1.165) is 93.6 Å². The fourth-order valence-corrected chi connectivity index (χ4v) is 8.16. The maximum atomic E-state index is 13.6. The highest BCUT2D eigenvalue weighted by molar-refractivity contribution is 5.56. The molecule has 1 spiro atoms. The smallest absolute Gasteiger partial charge is 0.251 e. The van der Waals surface area contributed by atoms with E-state index in [4.69, 9.17) is 19.9 Å². The fraction of sp³-hybridized carbons (Fsp3) is 0.514. The lowest BCUT2D eigenvalue weighted by atomic mass is 9.77. The SMILES string of the molecule is NC[C@H]1c2c(ccc3c2OC2(CCCCC2)O3)CO[C@H]1C1CCN(CCCC(c2ccc(F)cc2)c2ccc(F)cc2)CC1. The Kier molecular flexibility index (Phi) is 8.62. The molecule has 0 bridgehead atoms. The Hall–Kier alpha value is -3.00. The first-order chi connectivity index (χ1) is 21.5. The number of likely N-dealkylation sites (tertiary alicyclic amines) is 1. The van der Waals surface area contributed by atoms with Crippen LogP contribution in [0.15, 0.2) is 60.7 Å². The van der Waals surface area contributed by atoms with E-state index in [-0.39, 0.29) is 29.6 Å². The number of nitrogens with two attached hydrogens (primary N) is 1. The summed E-state index contributed by atoms with van der Waals surface area (Å²) in [4.78, 5) is 2.55. The van der Waals surface area contributed by atoms with Crippen LogP contribution in [0, 0.1) is 17.6 Å². The quantitative estimate of drug-likeness (QED) is 0.287. The molecular weight excluding hydrogens is 558 g/mol. The molecule has 3 aliphatic heterocycles. The molecule has 3 aromatic carbocycles. The van der Waals surface area contributed by atoms with Crippen molar-refractivity contribution in [3.63, 3.8) is 0 Å². The normalized spacial score (nSPS) is 23.3. The number of hydrogen-bond acceptors (Lipinski definition) is 5. The minimum atomic E-state index is -0.500. The number of piperidine rings is 1. The second-order valence-corrected chi connectivity index (χ2v) is 13.2. The van der Waals surface area contributed by atoms with Crippen LogP contribution in [0.4, 0.5) is 8.78 Å². The van der Waals surface area contributed by atoms with Crippen molar-refractivity contribution in [3.05, 3.63) is 94.6 Å². The third-order valence-corrected chi connectivity index (χ3v) is 10.5. The lowest BCUT2D eigenvalue weighted by molar-refractivity contribution is -0.106. The van der Waals surface area contributed by atoms with Crippen molar-refractivity contribution in [2.45, 2.75) is 88.1 Å². The fourth-order valence-electron chi connectivity index (χ4n) is 8.16. The Bertz CT molecular complexity index is 1370. The van der Waals surface area contributed by atoms with Crippen molar-refractivity contribution < 1.29 is 23.0 Å². The van der Waals surface area contributed by atoms with Crippen LogP contribution in [0.25, 0.3) is 0 Å². The van der Waals surface area contributed by atoms with E-state index in [1.807, 2.05) is 24.3 Å². The van der Waals surface area contributed by atoms with Gasteiger partial charge in [-0.05, 0) is 111 Å². The van der Waals surface area contributed by atoms with Crippen LogP contribution in [0.3, 0.4) is 0 Å². The summed E-state index contributed by atoms with van der Waals surface area (Å²) >= 11 is 0. The molecule has 1 saturated heterocycles. The van der Waals surface area contributed by atoms with E-state index in [9.17, 15) is 8.78 Å². The number of benzene rings is 3. The number of fused-ring (bicyclic) bond motifs is 3. The molecule has 2 atom stereocenters. The third kappa shape index (κ3) is 5.99. The van der Waals surface area contributed by atoms with Crippen molar-refractivity contribution in [1.82, 2.24) is 4.90 Å². The molecule has 44 heavy (non-hydrogen) atoms. The Morgan fingerprint density at radius 1 is 0.841 bits per heavy atom. The van der Waals surface area contributed by atoms with Gasteiger partial charge in [-0.3, -0.25) is 0 Å². The monoisotopic (exact) mass is 602 g/mol.